The van der Waals surface area contributed by atoms with Gasteiger partial charge in [0.05, 0.1) is 19.1 Å². The Hall–Kier alpha value is -4.15. The lowest BCUT2D eigenvalue weighted by atomic mass is 9.81. The topological polar surface area (TPSA) is 118 Å². The second-order valence-corrected chi connectivity index (χ2v) is 10.9. The van der Waals surface area contributed by atoms with E-state index in [1.165, 1.54) is 12.1 Å². The van der Waals surface area contributed by atoms with E-state index in [0.717, 1.165) is 16.7 Å². The molecule has 2 aliphatic heterocycles. The number of aliphatic carboxylic acids is 1. The molecular formula is C33H37FN2O7. The van der Waals surface area contributed by atoms with Gasteiger partial charge in [-0.2, -0.15) is 0 Å². The molecule has 3 aromatic rings. The molecule has 3 atom stereocenters. The van der Waals surface area contributed by atoms with Crippen molar-refractivity contribution in [1.82, 2.24) is 4.90 Å². The van der Waals surface area contributed by atoms with E-state index in [1.807, 2.05) is 31.7 Å². The number of hydrogen-bond acceptors (Lipinski definition) is 7. The smallest absolute Gasteiger partial charge is 0.309 e. The number of hydrogen-bond donors (Lipinski definition) is 3. The molecule has 43 heavy (non-hydrogen) atoms. The monoisotopic (exact) mass is 592 g/mol. The molecule has 2 aliphatic rings. The molecule has 2 heterocycles. The predicted molar refractivity (Wildman–Crippen MR) is 158 cm³/mol. The molecule has 1 saturated heterocycles. The Balaban J connectivity index is 1.50. The molecule has 0 saturated carbocycles. The highest BCUT2D eigenvalue weighted by Gasteiger charge is 2.48. The summed E-state index contributed by atoms with van der Waals surface area (Å²) in [7, 11) is 0. The van der Waals surface area contributed by atoms with Gasteiger partial charge >= 0.3 is 5.97 Å². The number of carboxylic acid groups (broad SMARTS) is 1. The molecule has 1 fully saturated rings. The average Bonchev–Trinajstić information content (AvgIpc) is 3.63. The lowest BCUT2D eigenvalue weighted by molar-refractivity contribution is -0.143. The maximum atomic E-state index is 14.2. The molecule has 0 aromatic heterocycles. The van der Waals surface area contributed by atoms with E-state index in [1.54, 1.807) is 30.3 Å². The van der Waals surface area contributed by atoms with E-state index < -0.39 is 23.8 Å². The maximum Gasteiger partial charge on any atom is 0.309 e. The minimum absolute atomic E-state index is 0.0685. The number of nitrogens with one attached hydrogen (secondary N) is 1. The van der Waals surface area contributed by atoms with Gasteiger partial charge in [0, 0.05) is 24.2 Å². The van der Waals surface area contributed by atoms with Crippen molar-refractivity contribution in [1.29, 1.82) is 0 Å². The summed E-state index contributed by atoms with van der Waals surface area (Å²) >= 11 is 0. The third-order valence-electron chi connectivity index (χ3n) is 8.33. The van der Waals surface area contributed by atoms with E-state index in [-0.39, 0.29) is 38.3 Å². The van der Waals surface area contributed by atoms with Crippen LogP contribution in [-0.2, 0) is 22.4 Å². The van der Waals surface area contributed by atoms with Gasteiger partial charge in [0.25, 0.3) is 0 Å². The minimum Gasteiger partial charge on any atom is -0.491 e. The van der Waals surface area contributed by atoms with Crippen LogP contribution in [0.5, 0.6) is 17.2 Å². The number of anilines is 1. The van der Waals surface area contributed by atoms with E-state index in [4.69, 9.17) is 19.3 Å². The Morgan fingerprint density at radius 2 is 1.77 bits per heavy atom. The highest BCUT2D eigenvalue weighted by molar-refractivity contribution is 5.94. The highest BCUT2D eigenvalue weighted by Crippen LogP contribution is 2.49. The van der Waals surface area contributed by atoms with Crippen molar-refractivity contribution in [3.63, 3.8) is 0 Å². The molecule has 9 nitrogen and oxygen atoms in total. The number of aliphatic hydroxyl groups is 1. The van der Waals surface area contributed by atoms with Gasteiger partial charge in [-0.1, -0.05) is 32.0 Å². The zero-order valence-corrected chi connectivity index (χ0v) is 24.6. The van der Waals surface area contributed by atoms with Crippen LogP contribution in [-0.4, -0.2) is 60.1 Å². The molecule has 0 aliphatic carbocycles. The fourth-order valence-corrected chi connectivity index (χ4v) is 6.37. The number of ether oxygens (including phenoxy) is 3. The first kappa shape index (κ1) is 30.3. The molecule has 0 radical (unpaired) electrons. The average molecular weight is 593 g/mol. The number of fused-ring (bicyclic) bond motifs is 1. The third kappa shape index (κ3) is 6.16. The fourth-order valence-electron chi connectivity index (χ4n) is 6.37. The van der Waals surface area contributed by atoms with Crippen molar-refractivity contribution in [3.8, 4) is 17.2 Å². The number of carbonyl (C=O) groups excluding carboxylic acids is 1. The minimum atomic E-state index is -0.976. The van der Waals surface area contributed by atoms with Crippen LogP contribution < -0.4 is 19.5 Å². The molecule has 0 bridgehead atoms. The van der Waals surface area contributed by atoms with Crippen LogP contribution in [0.1, 0.15) is 53.6 Å². The van der Waals surface area contributed by atoms with Crippen LogP contribution >= 0.6 is 0 Å². The van der Waals surface area contributed by atoms with Crippen LogP contribution in [0.4, 0.5) is 10.1 Å². The lowest BCUT2D eigenvalue weighted by Crippen LogP contribution is -2.35. The van der Waals surface area contributed by atoms with Crippen LogP contribution in [0.15, 0.2) is 48.5 Å². The van der Waals surface area contributed by atoms with Gasteiger partial charge < -0.3 is 29.7 Å². The Morgan fingerprint density at radius 1 is 1.07 bits per heavy atom. The molecular weight excluding hydrogens is 555 g/mol. The van der Waals surface area contributed by atoms with E-state index >= 15 is 0 Å². The van der Waals surface area contributed by atoms with E-state index in [2.05, 4.69) is 5.32 Å². The summed E-state index contributed by atoms with van der Waals surface area (Å²) in [6.45, 7) is 6.07. The number of rotatable bonds is 11. The van der Waals surface area contributed by atoms with Crippen LogP contribution in [0, 0.1) is 18.7 Å². The van der Waals surface area contributed by atoms with Crippen LogP contribution in [0.2, 0.25) is 0 Å². The molecule has 5 rings (SSSR count). The van der Waals surface area contributed by atoms with Crippen molar-refractivity contribution in [3.05, 3.63) is 82.2 Å². The molecule has 10 heteroatoms. The summed E-state index contributed by atoms with van der Waals surface area (Å²) in [5.41, 5.74) is 4.39. The number of carbonyl (C=O) groups is 2. The Bertz CT molecular complexity index is 1470. The number of carboxylic acids is 1. The molecule has 3 aromatic carbocycles. The third-order valence-corrected chi connectivity index (χ3v) is 8.33. The van der Waals surface area contributed by atoms with Crippen molar-refractivity contribution >= 4 is 17.6 Å². The predicted octanol–water partition coefficient (Wildman–Crippen LogP) is 4.84. The number of amides is 1. The van der Waals surface area contributed by atoms with Crippen molar-refractivity contribution in [2.45, 2.75) is 45.6 Å². The summed E-state index contributed by atoms with van der Waals surface area (Å²) in [5, 5.41) is 22.7. The van der Waals surface area contributed by atoms with Crippen molar-refractivity contribution in [2.24, 2.45) is 5.92 Å². The number of benzene rings is 3. The van der Waals surface area contributed by atoms with Crippen molar-refractivity contribution in [2.75, 3.05) is 38.4 Å². The second kappa shape index (κ2) is 13.0. The number of halogens is 1. The quantitative estimate of drug-likeness (QED) is 0.290. The Morgan fingerprint density at radius 3 is 2.40 bits per heavy atom. The van der Waals surface area contributed by atoms with E-state index in [9.17, 15) is 19.1 Å². The SMILES string of the molecule is CCc1cc(F)cc(CC)c1NC(=O)CN1C[C@H](c2ccc3c(c2C)OCO3)[C@@H](C(=O)O)[C@@H]1c1ccc(OCCO)cc1. The summed E-state index contributed by atoms with van der Waals surface area (Å²) in [6.07, 6.45) is 1.09. The molecule has 228 valence electrons. The van der Waals surface area contributed by atoms with Gasteiger partial charge in [0.1, 0.15) is 18.2 Å². The number of nitrogens with zero attached hydrogens (tertiary/aromatic N) is 1. The first-order valence-electron chi connectivity index (χ1n) is 14.6. The molecule has 3 N–H and O–H groups in total. The second-order valence-electron chi connectivity index (χ2n) is 10.9. The summed E-state index contributed by atoms with van der Waals surface area (Å²) < 4.78 is 30.9. The van der Waals surface area contributed by atoms with Gasteiger partial charge in [0.2, 0.25) is 12.7 Å². The summed E-state index contributed by atoms with van der Waals surface area (Å²) in [4.78, 5) is 28.5. The normalized spacial score (nSPS) is 19.4. The maximum absolute atomic E-state index is 14.2. The zero-order valence-electron chi connectivity index (χ0n) is 24.6. The largest absolute Gasteiger partial charge is 0.491 e. The van der Waals surface area contributed by atoms with E-state index in [0.29, 0.717) is 53.4 Å². The molecule has 0 unspecified atom stereocenters. The fraction of sp³-hybridized carbons (Fsp3) is 0.394. The van der Waals surface area contributed by atoms with Gasteiger partial charge in [-0.15, -0.1) is 0 Å². The number of likely N-dealkylation sites (tertiary alicyclic amines) is 1. The van der Waals surface area contributed by atoms with Gasteiger partial charge in [0.15, 0.2) is 11.5 Å². The van der Waals surface area contributed by atoms with Gasteiger partial charge in [-0.3, -0.25) is 14.5 Å². The Kier molecular flexibility index (Phi) is 9.17. The van der Waals surface area contributed by atoms with Gasteiger partial charge in [-0.25, -0.2) is 4.39 Å². The zero-order chi connectivity index (χ0) is 30.7. The lowest BCUT2D eigenvalue weighted by Gasteiger charge is -2.27. The Labute approximate surface area is 250 Å². The summed E-state index contributed by atoms with van der Waals surface area (Å²) in [6, 6.07) is 13.0. The van der Waals surface area contributed by atoms with Crippen LogP contribution in [0.3, 0.4) is 0 Å². The van der Waals surface area contributed by atoms with Gasteiger partial charge in [-0.05, 0) is 77.9 Å². The molecule has 1 amide bonds. The van der Waals surface area contributed by atoms with Crippen LogP contribution in [0.25, 0.3) is 0 Å². The standard InChI is InChI=1S/C33H37FN2O7/c1-4-20-14-23(34)15-21(5-2)30(20)35-28(38)17-36-16-26(25-10-11-27-32(19(25)3)43-18-42-27)29(33(39)40)31(36)22-6-8-24(9-7-22)41-13-12-37/h6-11,14-15,26,29,31,37H,4-5,12-13,16-18H2,1-3H3,(H,35,38)(H,39,40)/t26-,29-,31+/m1/s1. The number of aryl methyl sites for hydroxylation is 2. The summed E-state index contributed by atoms with van der Waals surface area (Å²) in [5.74, 6) is -1.18. The number of aliphatic hydroxyl groups excluding tert-OH is 1. The first-order chi connectivity index (χ1) is 20.7. The highest BCUT2D eigenvalue weighted by atomic mass is 19.1. The molecule has 0 spiro atoms. The van der Waals surface area contributed by atoms with Crippen molar-refractivity contribution < 1.29 is 38.4 Å². The first-order valence-corrected chi connectivity index (χ1v) is 14.6.